The molecule has 2 aliphatic heterocycles. The van der Waals surface area contributed by atoms with E-state index >= 15 is 0 Å². The van der Waals surface area contributed by atoms with E-state index in [1.54, 1.807) is 0 Å². The van der Waals surface area contributed by atoms with E-state index in [0.717, 1.165) is 25.1 Å². The number of carbonyl (C=O) groups excluding carboxylic acids is 1. The highest BCUT2D eigenvalue weighted by Gasteiger charge is 2.40. The second-order valence-corrected chi connectivity index (χ2v) is 6.30. The topological polar surface area (TPSA) is 29.5 Å². The molecule has 108 valence electrons. The third-order valence-corrected chi connectivity index (χ3v) is 4.76. The zero-order chi connectivity index (χ0) is 14.3. The van der Waals surface area contributed by atoms with Crippen molar-refractivity contribution < 1.29 is 9.53 Å². The number of amides is 1. The smallest absolute Gasteiger partial charge is 0.256 e. The van der Waals surface area contributed by atoms with Crippen LogP contribution in [0, 0.1) is 18.8 Å². The first-order chi connectivity index (χ1) is 9.59. The molecule has 0 aromatic heterocycles. The Labute approximate surface area is 120 Å². The van der Waals surface area contributed by atoms with Crippen molar-refractivity contribution in [1.82, 2.24) is 0 Å². The van der Waals surface area contributed by atoms with Gasteiger partial charge in [0.25, 0.3) is 5.91 Å². The zero-order valence-corrected chi connectivity index (χ0v) is 12.6. The van der Waals surface area contributed by atoms with Crippen LogP contribution in [0.15, 0.2) is 18.2 Å². The first-order valence-electron chi connectivity index (χ1n) is 7.61. The van der Waals surface area contributed by atoms with Gasteiger partial charge in [-0.15, -0.1) is 0 Å². The lowest BCUT2D eigenvalue weighted by atomic mass is 9.89. The van der Waals surface area contributed by atoms with Gasteiger partial charge < -0.3 is 9.64 Å². The minimum absolute atomic E-state index is 0.158. The van der Waals surface area contributed by atoms with Crippen LogP contribution in [-0.2, 0) is 16.0 Å². The van der Waals surface area contributed by atoms with E-state index in [-0.39, 0.29) is 12.0 Å². The summed E-state index contributed by atoms with van der Waals surface area (Å²) in [5.41, 5.74) is 3.69. The number of aryl methyl sites for hydroxylation is 1. The van der Waals surface area contributed by atoms with Crippen molar-refractivity contribution in [3.63, 3.8) is 0 Å². The maximum Gasteiger partial charge on any atom is 0.256 e. The minimum Gasteiger partial charge on any atom is -0.368 e. The molecular weight excluding hydrogens is 250 g/mol. The Morgan fingerprint density at radius 2 is 2.20 bits per heavy atom. The SMILES string of the molecule is Cc1cccc2c1CCN2C(=O)[C@@H]1OCC[C@@H]1C(C)C. The molecule has 1 aromatic rings. The highest BCUT2D eigenvalue weighted by Crippen LogP contribution is 2.35. The number of benzene rings is 1. The number of nitrogens with zero attached hydrogens (tertiary/aromatic N) is 1. The predicted octanol–water partition coefficient (Wildman–Crippen LogP) is 2.95. The summed E-state index contributed by atoms with van der Waals surface area (Å²) < 4.78 is 5.76. The minimum atomic E-state index is -0.249. The van der Waals surface area contributed by atoms with Gasteiger partial charge in [-0.25, -0.2) is 0 Å². The summed E-state index contributed by atoms with van der Waals surface area (Å²) in [5, 5.41) is 0. The molecule has 0 saturated carbocycles. The third-order valence-electron chi connectivity index (χ3n) is 4.76. The molecule has 0 spiro atoms. The average Bonchev–Trinajstić information content (AvgIpc) is 3.05. The largest absolute Gasteiger partial charge is 0.368 e. The van der Waals surface area contributed by atoms with Gasteiger partial charge in [-0.3, -0.25) is 4.79 Å². The molecule has 1 aromatic carbocycles. The van der Waals surface area contributed by atoms with E-state index in [2.05, 4.69) is 32.9 Å². The Bertz CT molecular complexity index is 524. The van der Waals surface area contributed by atoms with Gasteiger partial charge in [0.2, 0.25) is 0 Å². The first-order valence-corrected chi connectivity index (χ1v) is 7.61. The van der Waals surface area contributed by atoms with Gasteiger partial charge in [-0.1, -0.05) is 26.0 Å². The van der Waals surface area contributed by atoms with Crippen LogP contribution >= 0.6 is 0 Å². The van der Waals surface area contributed by atoms with Crippen LogP contribution in [0.1, 0.15) is 31.4 Å². The molecule has 1 amide bonds. The van der Waals surface area contributed by atoms with Crippen LogP contribution < -0.4 is 4.90 Å². The van der Waals surface area contributed by atoms with E-state index in [4.69, 9.17) is 4.74 Å². The predicted molar refractivity (Wildman–Crippen MR) is 79.9 cm³/mol. The first kappa shape index (κ1) is 13.6. The zero-order valence-electron chi connectivity index (χ0n) is 12.6. The highest BCUT2D eigenvalue weighted by molar-refractivity contribution is 5.99. The Hall–Kier alpha value is -1.35. The lowest BCUT2D eigenvalue weighted by molar-refractivity contribution is -0.129. The molecule has 2 atom stereocenters. The molecule has 1 fully saturated rings. The normalized spacial score (nSPS) is 25.3. The van der Waals surface area contributed by atoms with Gasteiger partial charge in [0, 0.05) is 18.8 Å². The summed E-state index contributed by atoms with van der Waals surface area (Å²) in [5.74, 6) is 1.01. The lowest BCUT2D eigenvalue weighted by Gasteiger charge is -2.26. The second-order valence-electron chi connectivity index (χ2n) is 6.30. The van der Waals surface area contributed by atoms with E-state index in [1.807, 2.05) is 11.0 Å². The monoisotopic (exact) mass is 273 g/mol. The quantitative estimate of drug-likeness (QED) is 0.829. The van der Waals surface area contributed by atoms with Gasteiger partial charge in [-0.2, -0.15) is 0 Å². The van der Waals surface area contributed by atoms with Crippen molar-refractivity contribution in [2.45, 2.75) is 39.7 Å². The molecule has 0 radical (unpaired) electrons. The number of hydrogen-bond acceptors (Lipinski definition) is 2. The summed E-state index contributed by atoms with van der Waals surface area (Å²) in [6, 6.07) is 6.22. The summed E-state index contributed by atoms with van der Waals surface area (Å²) in [6.45, 7) is 8.00. The lowest BCUT2D eigenvalue weighted by Crippen LogP contribution is -2.42. The van der Waals surface area contributed by atoms with E-state index in [9.17, 15) is 4.79 Å². The van der Waals surface area contributed by atoms with E-state index < -0.39 is 0 Å². The Morgan fingerprint density at radius 1 is 1.40 bits per heavy atom. The molecule has 3 heteroatoms. The number of carbonyl (C=O) groups is 1. The standard InChI is InChI=1S/C17H23NO2/c1-11(2)13-8-10-20-16(13)17(19)18-9-7-14-12(3)5-4-6-15(14)18/h4-6,11,13,16H,7-10H2,1-3H3/t13-,16-/m1/s1. The number of ether oxygens (including phenoxy) is 1. The fourth-order valence-corrected chi connectivity index (χ4v) is 3.53. The van der Waals surface area contributed by atoms with Crippen LogP contribution in [0.25, 0.3) is 0 Å². The van der Waals surface area contributed by atoms with Gasteiger partial charge >= 0.3 is 0 Å². The maximum absolute atomic E-state index is 12.8. The summed E-state index contributed by atoms with van der Waals surface area (Å²) in [7, 11) is 0. The van der Waals surface area contributed by atoms with Crippen molar-refractivity contribution in [2.75, 3.05) is 18.1 Å². The van der Waals surface area contributed by atoms with Gasteiger partial charge in [0.05, 0.1) is 0 Å². The fourth-order valence-electron chi connectivity index (χ4n) is 3.53. The summed E-state index contributed by atoms with van der Waals surface area (Å²) >= 11 is 0. The van der Waals surface area contributed by atoms with Crippen LogP contribution in [0.2, 0.25) is 0 Å². The molecule has 2 aliphatic rings. The molecule has 3 rings (SSSR count). The third kappa shape index (κ3) is 2.14. The Kier molecular flexibility index (Phi) is 3.55. The molecule has 0 bridgehead atoms. The van der Waals surface area contributed by atoms with Crippen LogP contribution in [0.5, 0.6) is 0 Å². The van der Waals surface area contributed by atoms with Crippen LogP contribution in [0.3, 0.4) is 0 Å². The molecule has 2 heterocycles. The van der Waals surface area contributed by atoms with Gasteiger partial charge in [0.15, 0.2) is 0 Å². The Balaban J connectivity index is 1.85. The van der Waals surface area contributed by atoms with Gasteiger partial charge in [-0.05, 0) is 48.8 Å². The average molecular weight is 273 g/mol. The second kappa shape index (κ2) is 5.21. The van der Waals surface area contributed by atoms with Crippen LogP contribution in [0.4, 0.5) is 5.69 Å². The van der Waals surface area contributed by atoms with Crippen molar-refractivity contribution in [3.05, 3.63) is 29.3 Å². The number of hydrogen-bond donors (Lipinski definition) is 0. The highest BCUT2D eigenvalue weighted by atomic mass is 16.5. The van der Waals surface area contributed by atoms with Gasteiger partial charge in [0.1, 0.15) is 6.10 Å². The van der Waals surface area contributed by atoms with Crippen molar-refractivity contribution in [1.29, 1.82) is 0 Å². The Morgan fingerprint density at radius 3 is 2.95 bits per heavy atom. The van der Waals surface area contributed by atoms with Crippen molar-refractivity contribution in [3.8, 4) is 0 Å². The fraction of sp³-hybridized carbons (Fsp3) is 0.588. The van der Waals surface area contributed by atoms with E-state index in [0.29, 0.717) is 18.4 Å². The maximum atomic E-state index is 12.8. The molecule has 0 N–H and O–H groups in total. The molecule has 0 aliphatic carbocycles. The number of anilines is 1. The molecule has 3 nitrogen and oxygen atoms in total. The van der Waals surface area contributed by atoms with Crippen molar-refractivity contribution >= 4 is 11.6 Å². The summed E-state index contributed by atoms with van der Waals surface area (Å²) in [4.78, 5) is 14.8. The molecular formula is C17H23NO2. The molecule has 0 unspecified atom stereocenters. The number of rotatable bonds is 2. The van der Waals surface area contributed by atoms with Crippen LogP contribution in [-0.4, -0.2) is 25.2 Å². The summed E-state index contributed by atoms with van der Waals surface area (Å²) in [6.07, 6.45) is 1.72. The van der Waals surface area contributed by atoms with Crippen molar-refractivity contribution in [2.24, 2.45) is 11.8 Å². The number of fused-ring (bicyclic) bond motifs is 1. The molecule has 1 saturated heterocycles. The molecule has 20 heavy (non-hydrogen) atoms. The van der Waals surface area contributed by atoms with E-state index in [1.165, 1.54) is 11.1 Å².